The van der Waals surface area contributed by atoms with Crippen LogP contribution in [0.5, 0.6) is 0 Å². The van der Waals surface area contributed by atoms with Gasteiger partial charge in [0.05, 0.1) is 0 Å². The molecular weight excluding hydrogens is 194 g/mol. The Kier molecular flexibility index (Phi) is 4.08. The predicted octanol–water partition coefficient (Wildman–Crippen LogP) is -0.410. The van der Waals surface area contributed by atoms with Crippen molar-refractivity contribution >= 4 is 11.8 Å². The van der Waals surface area contributed by atoms with Gasteiger partial charge in [-0.3, -0.25) is 9.59 Å². The van der Waals surface area contributed by atoms with E-state index in [4.69, 9.17) is 11.5 Å². The van der Waals surface area contributed by atoms with Gasteiger partial charge in [0.25, 0.3) is 0 Å². The topological polar surface area (TPSA) is 89.4 Å². The number of likely N-dealkylation sites (tertiary alicyclic amines) is 1. The number of hydrogen-bond acceptors (Lipinski definition) is 3. The van der Waals surface area contributed by atoms with Crippen molar-refractivity contribution in [1.29, 1.82) is 0 Å². The molecular formula is C10H19N3O2. The second kappa shape index (κ2) is 5.11. The molecule has 15 heavy (non-hydrogen) atoms. The summed E-state index contributed by atoms with van der Waals surface area (Å²) in [6.45, 7) is 2.66. The molecule has 0 bridgehead atoms. The van der Waals surface area contributed by atoms with Gasteiger partial charge in [-0.15, -0.1) is 0 Å². The number of carbonyl (C=O) groups excluding carboxylic acids is 2. The lowest BCUT2D eigenvalue weighted by Crippen LogP contribution is -2.57. The minimum atomic E-state index is -0.418. The van der Waals surface area contributed by atoms with Crippen LogP contribution in [0.1, 0.15) is 32.6 Å². The molecule has 0 saturated carbocycles. The van der Waals surface area contributed by atoms with Gasteiger partial charge in [0, 0.05) is 19.0 Å². The van der Waals surface area contributed by atoms with Gasteiger partial charge in [0.15, 0.2) is 0 Å². The number of nitrogens with zero attached hydrogens (tertiary/aromatic N) is 1. The molecule has 1 fully saturated rings. The van der Waals surface area contributed by atoms with Crippen LogP contribution in [-0.2, 0) is 9.59 Å². The van der Waals surface area contributed by atoms with Gasteiger partial charge in [-0.25, -0.2) is 0 Å². The summed E-state index contributed by atoms with van der Waals surface area (Å²) in [4.78, 5) is 24.1. The highest BCUT2D eigenvalue weighted by Crippen LogP contribution is 2.18. The van der Waals surface area contributed by atoms with Crippen LogP contribution in [0, 0.1) is 0 Å². The maximum atomic E-state index is 11.7. The Balaban J connectivity index is 2.37. The smallest absolute Gasteiger partial charge is 0.240 e. The van der Waals surface area contributed by atoms with E-state index in [9.17, 15) is 9.59 Å². The van der Waals surface area contributed by atoms with Crippen molar-refractivity contribution in [3.05, 3.63) is 0 Å². The third kappa shape index (κ3) is 2.92. The van der Waals surface area contributed by atoms with E-state index in [1.54, 1.807) is 0 Å². The van der Waals surface area contributed by atoms with Gasteiger partial charge in [-0.2, -0.15) is 0 Å². The van der Waals surface area contributed by atoms with E-state index < -0.39 is 11.9 Å². The molecule has 1 unspecified atom stereocenters. The maximum absolute atomic E-state index is 11.7. The van der Waals surface area contributed by atoms with Gasteiger partial charge in [0.2, 0.25) is 11.8 Å². The molecule has 86 valence electrons. The summed E-state index contributed by atoms with van der Waals surface area (Å²) in [5, 5.41) is 0. The zero-order valence-corrected chi connectivity index (χ0v) is 9.11. The second-order valence-corrected chi connectivity index (χ2v) is 4.05. The molecule has 2 amide bonds. The fourth-order valence-electron chi connectivity index (χ4n) is 1.80. The van der Waals surface area contributed by atoms with E-state index in [0.717, 1.165) is 12.8 Å². The van der Waals surface area contributed by atoms with Crippen LogP contribution < -0.4 is 11.5 Å². The molecule has 0 radical (unpaired) electrons. The highest BCUT2D eigenvalue weighted by Gasteiger charge is 2.36. The van der Waals surface area contributed by atoms with Crippen molar-refractivity contribution < 1.29 is 9.59 Å². The molecule has 0 spiro atoms. The standard InChI is InChI=1S/C10H19N3O2/c1-2-3-7(11)6-9(14)13-5-4-8(13)10(12)15/h7-8H,2-6,11H2,1H3,(H2,12,15)/t7-,8?/m1/s1. The molecule has 5 heteroatoms. The summed E-state index contributed by atoms with van der Waals surface area (Å²) in [5.74, 6) is -0.468. The summed E-state index contributed by atoms with van der Waals surface area (Å²) < 4.78 is 0. The molecule has 0 aromatic rings. The Morgan fingerprint density at radius 3 is 2.60 bits per heavy atom. The zero-order chi connectivity index (χ0) is 11.4. The third-order valence-corrected chi connectivity index (χ3v) is 2.76. The molecule has 0 aliphatic carbocycles. The highest BCUT2D eigenvalue weighted by molar-refractivity contribution is 5.88. The Morgan fingerprint density at radius 1 is 1.53 bits per heavy atom. The summed E-state index contributed by atoms with van der Waals surface area (Å²) >= 11 is 0. The number of carbonyl (C=O) groups is 2. The molecule has 1 rings (SSSR count). The average molecular weight is 213 g/mol. The summed E-state index contributed by atoms with van der Waals surface area (Å²) in [6, 6.07) is -0.497. The van der Waals surface area contributed by atoms with Crippen LogP contribution in [0.2, 0.25) is 0 Å². The highest BCUT2D eigenvalue weighted by atomic mass is 16.2. The zero-order valence-electron chi connectivity index (χ0n) is 9.11. The van der Waals surface area contributed by atoms with Crippen molar-refractivity contribution in [2.24, 2.45) is 11.5 Å². The van der Waals surface area contributed by atoms with Gasteiger partial charge in [0.1, 0.15) is 6.04 Å². The number of hydrogen-bond donors (Lipinski definition) is 2. The lowest BCUT2D eigenvalue weighted by molar-refractivity contribution is -0.146. The van der Waals surface area contributed by atoms with Crippen LogP contribution >= 0.6 is 0 Å². The number of rotatable bonds is 5. The van der Waals surface area contributed by atoms with Crippen LogP contribution in [0.15, 0.2) is 0 Å². The number of primary amides is 1. The van der Waals surface area contributed by atoms with Gasteiger partial charge in [-0.05, 0) is 12.8 Å². The quantitative estimate of drug-likeness (QED) is 0.650. The molecule has 0 aromatic heterocycles. The molecule has 1 heterocycles. The molecule has 0 aromatic carbocycles. The summed E-state index contributed by atoms with van der Waals surface area (Å²) in [6.07, 6.45) is 2.80. The normalized spacial score (nSPS) is 22.0. The van der Waals surface area contributed by atoms with Crippen molar-refractivity contribution in [3.8, 4) is 0 Å². The van der Waals surface area contributed by atoms with Crippen LogP contribution in [0.4, 0.5) is 0 Å². The SMILES string of the molecule is CCC[C@@H](N)CC(=O)N1CCC1C(N)=O. The first-order valence-corrected chi connectivity index (χ1v) is 5.40. The monoisotopic (exact) mass is 213 g/mol. The van der Waals surface area contributed by atoms with Crippen molar-refractivity contribution in [3.63, 3.8) is 0 Å². The van der Waals surface area contributed by atoms with Gasteiger partial charge in [-0.1, -0.05) is 13.3 Å². The Morgan fingerprint density at radius 2 is 2.20 bits per heavy atom. The minimum Gasteiger partial charge on any atom is -0.368 e. The maximum Gasteiger partial charge on any atom is 0.240 e. The predicted molar refractivity (Wildman–Crippen MR) is 56.8 cm³/mol. The first kappa shape index (κ1) is 12.0. The lowest BCUT2D eigenvalue weighted by Gasteiger charge is -2.39. The van der Waals surface area contributed by atoms with Crippen molar-refractivity contribution in [2.45, 2.75) is 44.7 Å². The van der Waals surface area contributed by atoms with Gasteiger partial charge >= 0.3 is 0 Å². The number of nitrogens with two attached hydrogens (primary N) is 2. The van der Waals surface area contributed by atoms with Crippen molar-refractivity contribution in [1.82, 2.24) is 4.90 Å². The lowest BCUT2D eigenvalue weighted by atomic mass is 10.00. The van der Waals surface area contributed by atoms with E-state index in [0.29, 0.717) is 19.4 Å². The third-order valence-electron chi connectivity index (χ3n) is 2.76. The van der Waals surface area contributed by atoms with E-state index in [2.05, 4.69) is 0 Å². The summed E-state index contributed by atoms with van der Waals surface area (Å²) in [7, 11) is 0. The van der Waals surface area contributed by atoms with Gasteiger partial charge < -0.3 is 16.4 Å². The first-order chi connectivity index (χ1) is 7.06. The van der Waals surface area contributed by atoms with E-state index in [1.807, 2.05) is 6.92 Å². The van der Waals surface area contributed by atoms with Crippen LogP contribution in [-0.4, -0.2) is 35.3 Å². The summed E-state index contributed by atoms with van der Waals surface area (Å²) in [5.41, 5.74) is 10.9. The molecule has 1 aliphatic heterocycles. The van der Waals surface area contributed by atoms with Crippen molar-refractivity contribution in [2.75, 3.05) is 6.54 Å². The second-order valence-electron chi connectivity index (χ2n) is 4.05. The Labute approximate surface area is 89.8 Å². The Bertz CT molecular complexity index is 255. The molecule has 4 N–H and O–H groups in total. The fourth-order valence-corrected chi connectivity index (χ4v) is 1.80. The van der Waals surface area contributed by atoms with E-state index in [1.165, 1.54) is 4.90 Å². The minimum absolute atomic E-state index is 0.0500. The Hall–Kier alpha value is -1.10. The van der Waals surface area contributed by atoms with E-state index >= 15 is 0 Å². The molecule has 1 saturated heterocycles. The van der Waals surface area contributed by atoms with E-state index in [-0.39, 0.29) is 11.9 Å². The largest absolute Gasteiger partial charge is 0.368 e. The van der Waals surface area contributed by atoms with Crippen LogP contribution in [0.25, 0.3) is 0 Å². The van der Waals surface area contributed by atoms with Crippen LogP contribution in [0.3, 0.4) is 0 Å². The molecule has 5 nitrogen and oxygen atoms in total. The number of amides is 2. The molecule has 2 atom stereocenters. The molecule has 1 aliphatic rings. The first-order valence-electron chi connectivity index (χ1n) is 5.40. The fraction of sp³-hybridized carbons (Fsp3) is 0.800. The average Bonchev–Trinajstić information content (AvgIpc) is 1.99.